The molecule has 0 atom stereocenters. The third kappa shape index (κ3) is 3.18. The Morgan fingerprint density at radius 3 is 2.41 bits per heavy atom. The molecule has 1 aromatic carbocycles. The maximum absolute atomic E-state index is 13.0. The van der Waals surface area contributed by atoms with E-state index in [1.54, 1.807) is 12.1 Å². The van der Waals surface area contributed by atoms with Crippen molar-refractivity contribution in [2.75, 3.05) is 18.1 Å². The van der Waals surface area contributed by atoms with E-state index in [-0.39, 0.29) is 9.90 Å². The summed E-state index contributed by atoms with van der Waals surface area (Å²) in [6.07, 6.45) is 3.36. The van der Waals surface area contributed by atoms with Gasteiger partial charge in [-0.2, -0.15) is 0 Å². The molecule has 1 nitrogen and oxygen atoms in total. The molecule has 2 N–H and O–H groups in total. The largest absolute Gasteiger partial charge is 0.330 e. The molecule has 0 aliphatic carbocycles. The Kier molecular flexibility index (Phi) is 4.77. The minimum Gasteiger partial charge on any atom is -0.330 e. The molecule has 1 heterocycles. The van der Waals surface area contributed by atoms with Crippen molar-refractivity contribution in [1.82, 2.24) is 0 Å². The predicted octanol–water partition coefficient (Wildman–Crippen LogP) is 3.59. The van der Waals surface area contributed by atoms with Crippen LogP contribution in [0.1, 0.15) is 24.8 Å². The zero-order valence-corrected chi connectivity index (χ0v) is 11.5. The van der Waals surface area contributed by atoms with Crippen LogP contribution in [-0.2, 0) is 4.08 Å². The Morgan fingerprint density at radius 1 is 1.18 bits per heavy atom. The van der Waals surface area contributed by atoms with Gasteiger partial charge in [0, 0.05) is 0 Å². The maximum Gasteiger partial charge on any atom is 0.123 e. The van der Waals surface area contributed by atoms with E-state index < -0.39 is 0 Å². The van der Waals surface area contributed by atoms with Gasteiger partial charge in [0.1, 0.15) is 5.82 Å². The Morgan fingerprint density at radius 2 is 1.82 bits per heavy atom. The number of hydrogen-bond donors (Lipinski definition) is 1. The van der Waals surface area contributed by atoms with Gasteiger partial charge in [0.05, 0.1) is 4.08 Å². The normalized spacial score (nSPS) is 19.2. The number of benzene rings is 1. The van der Waals surface area contributed by atoms with Gasteiger partial charge in [-0.05, 0) is 55.0 Å². The molecule has 2 rings (SSSR count). The van der Waals surface area contributed by atoms with Gasteiger partial charge >= 0.3 is 0 Å². The SMILES string of the molecule is NCCCC1(c2ccc(F)cc2)SCCCS1. The molecule has 0 aromatic heterocycles. The van der Waals surface area contributed by atoms with Crippen LogP contribution < -0.4 is 5.73 Å². The summed E-state index contributed by atoms with van der Waals surface area (Å²) in [4.78, 5) is 0. The molecule has 0 bridgehead atoms. The van der Waals surface area contributed by atoms with Crippen molar-refractivity contribution in [3.8, 4) is 0 Å². The fourth-order valence-corrected chi connectivity index (χ4v) is 5.50. The third-order valence-electron chi connectivity index (χ3n) is 2.95. The van der Waals surface area contributed by atoms with E-state index in [1.807, 2.05) is 35.7 Å². The monoisotopic (exact) mass is 271 g/mol. The highest BCUT2D eigenvalue weighted by molar-refractivity contribution is 8.18. The quantitative estimate of drug-likeness (QED) is 0.906. The van der Waals surface area contributed by atoms with Crippen LogP contribution in [0.3, 0.4) is 0 Å². The molecule has 1 aliphatic heterocycles. The van der Waals surface area contributed by atoms with E-state index >= 15 is 0 Å². The summed E-state index contributed by atoms with van der Waals surface area (Å²) in [5.74, 6) is 2.22. The number of nitrogens with two attached hydrogens (primary N) is 1. The molecule has 0 amide bonds. The summed E-state index contributed by atoms with van der Waals surface area (Å²) in [5.41, 5.74) is 6.87. The van der Waals surface area contributed by atoms with Crippen LogP contribution >= 0.6 is 23.5 Å². The number of rotatable bonds is 4. The van der Waals surface area contributed by atoms with Crippen LogP contribution in [0.2, 0.25) is 0 Å². The van der Waals surface area contributed by atoms with Crippen LogP contribution in [0.5, 0.6) is 0 Å². The van der Waals surface area contributed by atoms with Crippen LogP contribution in [0.25, 0.3) is 0 Å². The summed E-state index contributed by atoms with van der Waals surface area (Å²) in [6, 6.07) is 6.98. The topological polar surface area (TPSA) is 26.0 Å². The highest BCUT2D eigenvalue weighted by Gasteiger charge is 2.34. The summed E-state index contributed by atoms with van der Waals surface area (Å²) in [7, 11) is 0. The predicted molar refractivity (Wildman–Crippen MR) is 75.9 cm³/mol. The van der Waals surface area contributed by atoms with E-state index in [2.05, 4.69) is 0 Å². The molecular formula is C13H18FNS2. The van der Waals surface area contributed by atoms with E-state index in [0.717, 1.165) is 19.4 Å². The number of halogens is 1. The molecule has 0 spiro atoms. The van der Waals surface area contributed by atoms with Crippen molar-refractivity contribution in [1.29, 1.82) is 0 Å². The van der Waals surface area contributed by atoms with E-state index in [0.29, 0.717) is 0 Å². The first kappa shape index (κ1) is 13.2. The minimum absolute atomic E-state index is 0.103. The fourth-order valence-electron chi connectivity index (χ4n) is 2.07. The molecule has 1 aromatic rings. The highest BCUT2D eigenvalue weighted by atomic mass is 32.2. The van der Waals surface area contributed by atoms with Crippen molar-refractivity contribution in [3.63, 3.8) is 0 Å². The zero-order chi connectivity index (χ0) is 12.1. The molecule has 1 fully saturated rings. The summed E-state index contributed by atoms with van der Waals surface area (Å²) in [5, 5.41) is 0. The molecule has 4 heteroatoms. The van der Waals surface area contributed by atoms with E-state index in [1.165, 1.54) is 23.5 Å². The van der Waals surface area contributed by atoms with Gasteiger partial charge in [0.2, 0.25) is 0 Å². The Balaban J connectivity index is 2.21. The lowest BCUT2D eigenvalue weighted by molar-refractivity contribution is 0.624. The van der Waals surface area contributed by atoms with Gasteiger partial charge in [0.15, 0.2) is 0 Å². The lowest BCUT2D eigenvalue weighted by Crippen LogP contribution is -2.24. The molecule has 1 saturated heterocycles. The lowest BCUT2D eigenvalue weighted by Gasteiger charge is -2.36. The van der Waals surface area contributed by atoms with Crippen molar-refractivity contribution >= 4 is 23.5 Å². The van der Waals surface area contributed by atoms with Gasteiger partial charge in [-0.25, -0.2) is 4.39 Å². The second-order valence-electron chi connectivity index (χ2n) is 4.20. The molecule has 0 radical (unpaired) electrons. The summed E-state index contributed by atoms with van der Waals surface area (Å²) < 4.78 is 13.1. The average Bonchev–Trinajstić information content (AvgIpc) is 2.38. The van der Waals surface area contributed by atoms with Gasteiger partial charge in [-0.1, -0.05) is 12.1 Å². The lowest BCUT2D eigenvalue weighted by atomic mass is 10.1. The van der Waals surface area contributed by atoms with Crippen LogP contribution in [0.15, 0.2) is 24.3 Å². The van der Waals surface area contributed by atoms with E-state index in [4.69, 9.17) is 5.73 Å². The van der Waals surface area contributed by atoms with Crippen molar-refractivity contribution in [2.45, 2.75) is 23.3 Å². The highest BCUT2D eigenvalue weighted by Crippen LogP contribution is 2.53. The summed E-state index contributed by atoms with van der Waals surface area (Å²) in [6.45, 7) is 0.726. The standard InChI is InChI=1S/C13H18FNS2/c14-12-5-3-11(4-6-12)13(7-1-8-15)16-9-2-10-17-13/h3-6H,1-2,7-10,15H2. The first-order chi connectivity index (χ1) is 8.27. The smallest absolute Gasteiger partial charge is 0.123 e. The van der Waals surface area contributed by atoms with Gasteiger partial charge in [-0.3, -0.25) is 0 Å². The zero-order valence-electron chi connectivity index (χ0n) is 9.82. The van der Waals surface area contributed by atoms with Gasteiger partial charge < -0.3 is 5.73 Å². The molecule has 17 heavy (non-hydrogen) atoms. The van der Waals surface area contributed by atoms with Gasteiger partial charge in [-0.15, -0.1) is 23.5 Å². The van der Waals surface area contributed by atoms with Crippen molar-refractivity contribution in [3.05, 3.63) is 35.6 Å². The molecular weight excluding hydrogens is 253 g/mol. The molecule has 94 valence electrons. The number of hydrogen-bond acceptors (Lipinski definition) is 3. The second kappa shape index (κ2) is 6.12. The fraction of sp³-hybridized carbons (Fsp3) is 0.538. The number of thioether (sulfide) groups is 2. The molecule has 0 saturated carbocycles. The Hall–Kier alpha value is -0.190. The third-order valence-corrected chi connectivity index (χ3v) is 6.46. The van der Waals surface area contributed by atoms with Crippen LogP contribution in [-0.4, -0.2) is 18.1 Å². The maximum atomic E-state index is 13.0. The minimum atomic E-state index is -0.159. The summed E-state index contributed by atoms with van der Waals surface area (Å²) >= 11 is 3.99. The first-order valence-electron chi connectivity index (χ1n) is 6.01. The Bertz CT molecular complexity index is 347. The first-order valence-corrected chi connectivity index (χ1v) is 7.98. The molecule has 0 unspecified atom stereocenters. The van der Waals surface area contributed by atoms with E-state index in [9.17, 15) is 4.39 Å². The Labute approximate surface area is 111 Å². The van der Waals surface area contributed by atoms with Crippen LogP contribution in [0, 0.1) is 5.82 Å². The van der Waals surface area contributed by atoms with Gasteiger partial charge in [0.25, 0.3) is 0 Å². The second-order valence-corrected chi connectivity index (χ2v) is 7.25. The van der Waals surface area contributed by atoms with Crippen LogP contribution in [0.4, 0.5) is 4.39 Å². The average molecular weight is 271 g/mol. The van der Waals surface area contributed by atoms with Crippen molar-refractivity contribution < 1.29 is 4.39 Å². The molecule has 1 aliphatic rings. The van der Waals surface area contributed by atoms with Crippen molar-refractivity contribution in [2.24, 2.45) is 5.73 Å².